The molecule has 1 rings (SSSR count). The van der Waals surface area contributed by atoms with Crippen LogP contribution in [0.15, 0.2) is 29.3 Å². The van der Waals surface area contributed by atoms with Gasteiger partial charge in [-0.25, -0.2) is 0 Å². The first-order valence-electron chi connectivity index (χ1n) is 6.81. The Morgan fingerprint density at radius 2 is 1.76 bits per heavy atom. The van der Waals surface area contributed by atoms with Gasteiger partial charge in [0.15, 0.2) is 5.96 Å². The number of hydrogen-bond donors (Lipinski definition) is 2. The van der Waals surface area contributed by atoms with Crippen molar-refractivity contribution in [2.24, 2.45) is 4.99 Å². The van der Waals surface area contributed by atoms with Crippen molar-refractivity contribution >= 4 is 41.7 Å². The SMILES string of the molecule is CN=C(NCCSC)NCc1ccc(CN(C)C)cc1.I. The molecule has 0 radical (unpaired) electrons. The molecule has 2 N–H and O–H groups in total. The third-order valence-electron chi connectivity index (χ3n) is 2.80. The Balaban J connectivity index is 0.00000400. The van der Waals surface area contributed by atoms with Gasteiger partial charge in [0.2, 0.25) is 0 Å². The molecular formula is C15H27IN4S. The summed E-state index contributed by atoms with van der Waals surface area (Å²) in [7, 11) is 5.97. The highest BCUT2D eigenvalue weighted by Crippen LogP contribution is 2.05. The van der Waals surface area contributed by atoms with Crippen molar-refractivity contribution in [2.75, 3.05) is 39.7 Å². The van der Waals surface area contributed by atoms with Crippen LogP contribution in [0.5, 0.6) is 0 Å². The lowest BCUT2D eigenvalue weighted by Gasteiger charge is -2.12. The van der Waals surface area contributed by atoms with Gasteiger partial charge in [0.05, 0.1) is 0 Å². The molecule has 6 heteroatoms. The highest BCUT2D eigenvalue weighted by Gasteiger charge is 1.99. The van der Waals surface area contributed by atoms with Crippen molar-refractivity contribution in [1.29, 1.82) is 0 Å². The summed E-state index contributed by atoms with van der Waals surface area (Å²) in [4.78, 5) is 6.38. The topological polar surface area (TPSA) is 39.7 Å². The molecule has 120 valence electrons. The molecular weight excluding hydrogens is 395 g/mol. The van der Waals surface area contributed by atoms with Crippen molar-refractivity contribution in [3.63, 3.8) is 0 Å². The lowest BCUT2D eigenvalue weighted by Crippen LogP contribution is -2.37. The van der Waals surface area contributed by atoms with Crippen molar-refractivity contribution in [3.8, 4) is 0 Å². The molecule has 0 fully saturated rings. The number of guanidine groups is 1. The molecule has 0 saturated carbocycles. The minimum absolute atomic E-state index is 0. The second-order valence-corrected chi connectivity index (χ2v) is 5.89. The van der Waals surface area contributed by atoms with E-state index < -0.39 is 0 Å². The Labute approximate surface area is 150 Å². The molecule has 1 aromatic rings. The molecule has 0 amide bonds. The first-order chi connectivity index (χ1) is 9.65. The van der Waals surface area contributed by atoms with Gasteiger partial charge in [-0.1, -0.05) is 24.3 Å². The standard InChI is InChI=1S/C15H26N4S.HI/c1-16-15(17-9-10-20-4)18-11-13-5-7-14(8-6-13)12-19(2)3;/h5-8H,9-12H2,1-4H3,(H2,16,17,18);1H. The van der Waals surface area contributed by atoms with E-state index in [0.29, 0.717) is 0 Å². The van der Waals surface area contributed by atoms with Gasteiger partial charge in [-0.3, -0.25) is 4.99 Å². The van der Waals surface area contributed by atoms with Crippen LogP contribution in [0.4, 0.5) is 0 Å². The highest BCUT2D eigenvalue weighted by molar-refractivity contribution is 14.0. The van der Waals surface area contributed by atoms with Crippen molar-refractivity contribution in [2.45, 2.75) is 13.1 Å². The molecule has 0 spiro atoms. The summed E-state index contributed by atoms with van der Waals surface area (Å²) in [5, 5.41) is 6.61. The molecule has 0 heterocycles. The number of hydrogen-bond acceptors (Lipinski definition) is 3. The van der Waals surface area contributed by atoms with Crippen LogP contribution in [0, 0.1) is 0 Å². The summed E-state index contributed by atoms with van der Waals surface area (Å²) >= 11 is 1.83. The van der Waals surface area contributed by atoms with Crippen LogP contribution < -0.4 is 10.6 Å². The first-order valence-corrected chi connectivity index (χ1v) is 8.21. The number of halogens is 1. The predicted octanol–water partition coefficient (Wildman–Crippen LogP) is 2.39. The zero-order valence-corrected chi connectivity index (χ0v) is 16.5. The molecule has 21 heavy (non-hydrogen) atoms. The molecule has 0 saturated heterocycles. The molecule has 0 unspecified atom stereocenters. The average molecular weight is 422 g/mol. The first kappa shape index (κ1) is 20.5. The second kappa shape index (κ2) is 12.1. The molecule has 0 aliphatic carbocycles. The van der Waals surface area contributed by atoms with Gasteiger partial charge in [-0.05, 0) is 31.5 Å². The fourth-order valence-corrected chi connectivity index (χ4v) is 2.11. The fourth-order valence-electron chi connectivity index (χ4n) is 1.81. The van der Waals surface area contributed by atoms with Crippen LogP contribution in [-0.4, -0.2) is 50.6 Å². The van der Waals surface area contributed by atoms with Gasteiger partial charge in [0.25, 0.3) is 0 Å². The van der Waals surface area contributed by atoms with Crippen LogP contribution in [-0.2, 0) is 13.1 Å². The maximum atomic E-state index is 4.21. The Morgan fingerprint density at radius 3 is 2.29 bits per heavy atom. The van der Waals surface area contributed by atoms with E-state index in [9.17, 15) is 0 Å². The van der Waals surface area contributed by atoms with Gasteiger partial charge < -0.3 is 15.5 Å². The van der Waals surface area contributed by atoms with E-state index in [0.717, 1.165) is 31.3 Å². The summed E-state index contributed by atoms with van der Waals surface area (Å²) in [6, 6.07) is 8.70. The van der Waals surface area contributed by atoms with E-state index in [1.54, 1.807) is 7.05 Å². The van der Waals surface area contributed by atoms with Gasteiger partial charge >= 0.3 is 0 Å². The third kappa shape index (κ3) is 9.21. The van der Waals surface area contributed by atoms with Crippen LogP contribution >= 0.6 is 35.7 Å². The van der Waals surface area contributed by atoms with E-state index in [2.05, 4.69) is 65.1 Å². The normalized spacial score (nSPS) is 11.2. The van der Waals surface area contributed by atoms with Gasteiger partial charge in [-0.2, -0.15) is 11.8 Å². The van der Waals surface area contributed by atoms with E-state index in [1.807, 2.05) is 11.8 Å². The Kier molecular flexibility index (Phi) is 11.8. The minimum Gasteiger partial charge on any atom is -0.356 e. The number of rotatable bonds is 7. The molecule has 4 nitrogen and oxygen atoms in total. The minimum atomic E-state index is 0. The second-order valence-electron chi connectivity index (χ2n) is 4.90. The number of nitrogens with zero attached hydrogens (tertiary/aromatic N) is 2. The maximum Gasteiger partial charge on any atom is 0.191 e. The van der Waals surface area contributed by atoms with Crippen LogP contribution in [0.2, 0.25) is 0 Å². The molecule has 1 aromatic carbocycles. The van der Waals surface area contributed by atoms with Crippen LogP contribution in [0.25, 0.3) is 0 Å². The number of nitrogens with one attached hydrogen (secondary N) is 2. The highest BCUT2D eigenvalue weighted by atomic mass is 127. The van der Waals surface area contributed by atoms with Crippen molar-refractivity contribution in [1.82, 2.24) is 15.5 Å². The summed E-state index contributed by atoms with van der Waals surface area (Å²) in [6.45, 7) is 2.70. The smallest absolute Gasteiger partial charge is 0.191 e. The van der Waals surface area contributed by atoms with E-state index in [1.165, 1.54) is 11.1 Å². The molecule has 0 aromatic heterocycles. The molecule has 0 aliphatic heterocycles. The summed E-state index contributed by atoms with van der Waals surface area (Å²) in [5.74, 6) is 1.94. The maximum absolute atomic E-state index is 4.21. The Hall–Kier alpha value is -0.470. The van der Waals surface area contributed by atoms with Gasteiger partial charge in [-0.15, -0.1) is 24.0 Å². The van der Waals surface area contributed by atoms with Crippen LogP contribution in [0.1, 0.15) is 11.1 Å². The van der Waals surface area contributed by atoms with E-state index in [4.69, 9.17) is 0 Å². The van der Waals surface area contributed by atoms with Gasteiger partial charge in [0.1, 0.15) is 0 Å². The Bertz CT molecular complexity index is 407. The van der Waals surface area contributed by atoms with E-state index in [-0.39, 0.29) is 24.0 Å². The predicted molar refractivity (Wildman–Crippen MR) is 106 cm³/mol. The number of aliphatic imine (C=N–C) groups is 1. The fraction of sp³-hybridized carbons (Fsp3) is 0.533. The average Bonchev–Trinajstić information content (AvgIpc) is 2.43. The van der Waals surface area contributed by atoms with Crippen molar-refractivity contribution in [3.05, 3.63) is 35.4 Å². The Morgan fingerprint density at radius 1 is 1.14 bits per heavy atom. The zero-order chi connectivity index (χ0) is 14.8. The molecule has 0 atom stereocenters. The summed E-state index contributed by atoms with van der Waals surface area (Å²) in [5.41, 5.74) is 2.60. The van der Waals surface area contributed by atoms with E-state index >= 15 is 0 Å². The largest absolute Gasteiger partial charge is 0.356 e. The van der Waals surface area contributed by atoms with Crippen molar-refractivity contribution < 1.29 is 0 Å². The number of benzene rings is 1. The third-order valence-corrected chi connectivity index (χ3v) is 3.42. The van der Waals surface area contributed by atoms with Gasteiger partial charge in [0, 0.05) is 32.4 Å². The van der Waals surface area contributed by atoms with Crippen LogP contribution in [0.3, 0.4) is 0 Å². The summed E-state index contributed by atoms with van der Waals surface area (Å²) in [6.07, 6.45) is 2.10. The number of thioether (sulfide) groups is 1. The quantitative estimate of drug-likeness (QED) is 0.307. The molecule has 0 aliphatic rings. The monoisotopic (exact) mass is 422 g/mol. The molecule has 0 bridgehead atoms. The zero-order valence-electron chi connectivity index (χ0n) is 13.3. The lowest BCUT2D eigenvalue weighted by atomic mass is 10.1. The summed E-state index contributed by atoms with van der Waals surface area (Å²) < 4.78 is 0. The lowest BCUT2D eigenvalue weighted by molar-refractivity contribution is 0.402.